The quantitative estimate of drug-likeness (QED) is 0.555. The molecule has 4 N–H and O–H groups in total. The van der Waals surface area contributed by atoms with Crippen molar-refractivity contribution in [2.45, 2.75) is 13.0 Å². The number of phenolic OH excluding ortho intramolecular Hbond substituents is 2. The van der Waals surface area contributed by atoms with E-state index in [0.717, 1.165) is 6.07 Å². The highest BCUT2D eigenvalue weighted by molar-refractivity contribution is 5.75. The third kappa shape index (κ3) is 1.62. The maximum absolute atomic E-state index is 10.4. The number of rotatable bonds is 2. The predicted octanol–water partition coefficient (Wildman–Crippen LogP) is 0.524. The molecule has 0 saturated carbocycles. The molecular formula is C9H10O5. The fourth-order valence-corrected chi connectivity index (χ4v) is 1.06. The van der Waals surface area contributed by atoms with Gasteiger partial charge in [0.1, 0.15) is 11.5 Å². The standard InChI is InChI=1S/C9H10O5/c1-4-6(10)3-2-5(7(4)11)8(12)9(13)14/h2-3,8,10-12H,1H3,(H,13,14). The van der Waals surface area contributed by atoms with Crippen molar-refractivity contribution in [3.05, 3.63) is 23.3 Å². The van der Waals surface area contributed by atoms with Crippen LogP contribution in [-0.2, 0) is 4.79 Å². The van der Waals surface area contributed by atoms with Crippen molar-refractivity contribution in [3.63, 3.8) is 0 Å². The lowest BCUT2D eigenvalue weighted by Gasteiger charge is -2.10. The van der Waals surface area contributed by atoms with Crippen molar-refractivity contribution >= 4 is 5.97 Å². The van der Waals surface area contributed by atoms with Crippen LogP contribution in [0.4, 0.5) is 0 Å². The highest BCUT2D eigenvalue weighted by Gasteiger charge is 2.21. The van der Waals surface area contributed by atoms with Crippen LogP contribution >= 0.6 is 0 Å². The van der Waals surface area contributed by atoms with Crippen LogP contribution in [0.2, 0.25) is 0 Å². The summed E-state index contributed by atoms with van der Waals surface area (Å²) in [6.07, 6.45) is -1.78. The summed E-state index contributed by atoms with van der Waals surface area (Å²) in [5.74, 6) is -2.01. The number of benzene rings is 1. The zero-order valence-corrected chi connectivity index (χ0v) is 7.43. The summed E-state index contributed by atoms with van der Waals surface area (Å²) < 4.78 is 0. The monoisotopic (exact) mass is 198 g/mol. The van der Waals surface area contributed by atoms with Crippen LogP contribution in [0.15, 0.2) is 12.1 Å². The van der Waals surface area contributed by atoms with Gasteiger partial charge < -0.3 is 20.4 Å². The lowest BCUT2D eigenvalue weighted by molar-refractivity contribution is -0.147. The van der Waals surface area contributed by atoms with Gasteiger partial charge in [-0.15, -0.1) is 0 Å². The van der Waals surface area contributed by atoms with E-state index in [-0.39, 0.29) is 16.9 Å². The lowest BCUT2D eigenvalue weighted by atomic mass is 10.0. The van der Waals surface area contributed by atoms with E-state index in [4.69, 9.17) is 15.3 Å². The maximum atomic E-state index is 10.4. The zero-order valence-electron chi connectivity index (χ0n) is 7.43. The summed E-state index contributed by atoms with van der Waals surface area (Å²) in [7, 11) is 0. The van der Waals surface area contributed by atoms with Gasteiger partial charge in [0.05, 0.1) is 0 Å². The Bertz CT molecular complexity index is 372. The highest BCUT2D eigenvalue weighted by atomic mass is 16.4. The summed E-state index contributed by atoms with van der Waals surface area (Å²) in [4.78, 5) is 10.4. The molecule has 0 amide bonds. The third-order valence-corrected chi connectivity index (χ3v) is 1.96. The van der Waals surface area contributed by atoms with Gasteiger partial charge in [-0.2, -0.15) is 0 Å². The van der Waals surface area contributed by atoms with Crippen LogP contribution in [0, 0.1) is 6.92 Å². The fraction of sp³-hybridized carbons (Fsp3) is 0.222. The third-order valence-electron chi connectivity index (χ3n) is 1.96. The molecule has 0 bridgehead atoms. The Morgan fingerprint density at radius 1 is 1.36 bits per heavy atom. The zero-order chi connectivity index (χ0) is 10.9. The molecule has 0 aliphatic carbocycles. The van der Waals surface area contributed by atoms with Crippen molar-refractivity contribution in [3.8, 4) is 11.5 Å². The number of phenols is 2. The average Bonchev–Trinajstić information content (AvgIpc) is 2.13. The molecule has 5 nitrogen and oxygen atoms in total. The van der Waals surface area contributed by atoms with E-state index in [0.29, 0.717) is 0 Å². The minimum Gasteiger partial charge on any atom is -0.508 e. The van der Waals surface area contributed by atoms with Gasteiger partial charge >= 0.3 is 5.97 Å². The smallest absolute Gasteiger partial charge is 0.337 e. The number of aliphatic carboxylic acids is 1. The number of aliphatic hydroxyl groups excluding tert-OH is 1. The van der Waals surface area contributed by atoms with Crippen molar-refractivity contribution in [1.29, 1.82) is 0 Å². The first kappa shape index (κ1) is 10.3. The number of aliphatic hydroxyl groups is 1. The number of hydrogen-bond donors (Lipinski definition) is 4. The summed E-state index contributed by atoms with van der Waals surface area (Å²) in [6, 6.07) is 2.38. The predicted molar refractivity (Wildman–Crippen MR) is 47.1 cm³/mol. The van der Waals surface area contributed by atoms with Crippen LogP contribution in [0.3, 0.4) is 0 Å². The van der Waals surface area contributed by atoms with Crippen LogP contribution < -0.4 is 0 Å². The maximum Gasteiger partial charge on any atom is 0.337 e. The van der Waals surface area contributed by atoms with Crippen LogP contribution in [-0.4, -0.2) is 26.4 Å². The van der Waals surface area contributed by atoms with E-state index in [9.17, 15) is 9.90 Å². The van der Waals surface area contributed by atoms with Gasteiger partial charge in [0.25, 0.3) is 0 Å². The molecule has 0 aromatic heterocycles. The van der Waals surface area contributed by atoms with Crippen molar-refractivity contribution in [1.82, 2.24) is 0 Å². The van der Waals surface area contributed by atoms with Gasteiger partial charge in [-0.25, -0.2) is 4.79 Å². The van der Waals surface area contributed by atoms with Crippen molar-refractivity contribution in [2.75, 3.05) is 0 Å². The molecule has 1 unspecified atom stereocenters. The van der Waals surface area contributed by atoms with E-state index in [1.54, 1.807) is 0 Å². The molecule has 1 aromatic carbocycles. The highest BCUT2D eigenvalue weighted by Crippen LogP contribution is 2.33. The topological polar surface area (TPSA) is 98.0 Å². The Balaban J connectivity index is 3.24. The molecule has 0 spiro atoms. The second-order valence-corrected chi connectivity index (χ2v) is 2.89. The molecule has 1 aromatic rings. The molecule has 76 valence electrons. The molecule has 5 heteroatoms. The molecule has 0 aliphatic heterocycles. The lowest BCUT2D eigenvalue weighted by Crippen LogP contribution is -2.10. The SMILES string of the molecule is Cc1c(O)ccc(C(O)C(=O)O)c1O. The fourth-order valence-electron chi connectivity index (χ4n) is 1.06. The van der Waals surface area contributed by atoms with Crippen molar-refractivity contribution < 1.29 is 25.2 Å². The van der Waals surface area contributed by atoms with Crippen LogP contribution in [0.25, 0.3) is 0 Å². The summed E-state index contributed by atoms with van der Waals surface area (Å²) in [5.41, 5.74) is 0.00981. The normalized spacial score (nSPS) is 12.4. The molecule has 0 radical (unpaired) electrons. The number of carboxylic acids is 1. The Morgan fingerprint density at radius 2 is 1.93 bits per heavy atom. The molecule has 0 saturated heterocycles. The van der Waals surface area contributed by atoms with Gasteiger partial charge in [0.2, 0.25) is 0 Å². The molecule has 0 heterocycles. The Hall–Kier alpha value is -1.75. The first-order chi connectivity index (χ1) is 6.45. The van der Waals surface area contributed by atoms with E-state index in [2.05, 4.69) is 0 Å². The Labute approximate surface area is 79.9 Å². The van der Waals surface area contributed by atoms with E-state index >= 15 is 0 Å². The van der Waals surface area contributed by atoms with Gasteiger partial charge in [0, 0.05) is 11.1 Å². The molecule has 1 atom stereocenters. The van der Waals surface area contributed by atoms with Gasteiger partial charge in [-0.3, -0.25) is 0 Å². The molecular weight excluding hydrogens is 188 g/mol. The van der Waals surface area contributed by atoms with Crippen LogP contribution in [0.1, 0.15) is 17.2 Å². The second kappa shape index (κ2) is 3.55. The van der Waals surface area contributed by atoms with Crippen LogP contribution in [0.5, 0.6) is 11.5 Å². The Kier molecular flexibility index (Phi) is 2.62. The van der Waals surface area contributed by atoms with E-state index < -0.39 is 17.8 Å². The minimum atomic E-state index is -1.78. The summed E-state index contributed by atoms with van der Waals surface area (Å²) >= 11 is 0. The molecule has 0 fully saturated rings. The van der Waals surface area contributed by atoms with Gasteiger partial charge in [0.15, 0.2) is 6.10 Å². The number of carboxylic acid groups (broad SMARTS) is 1. The number of hydrogen-bond acceptors (Lipinski definition) is 4. The summed E-state index contributed by atoms with van der Waals surface area (Å²) in [6.45, 7) is 1.42. The minimum absolute atomic E-state index is 0.132. The molecule has 0 aliphatic rings. The first-order valence-electron chi connectivity index (χ1n) is 3.87. The van der Waals surface area contributed by atoms with E-state index in [1.807, 2.05) is 0 Å². The van der Waals surface area contributed by atoms with Gasteiger partial charge in [-0.1, -0.05) is 0 Å². The summed E-state index contributed by atoms with van der Waals surface area (Å²) in [5, 5.41) is 36.2. The number of aromatic hydroxyl groups is 2. The molecule has 14 heavy (non-hydrogen) atoms. The Morgan fingerprint density at radius 3 is 2.43 bits per heavy atom. The first-order valence-corrected chi connectivity index (χ1v) is 3.87. The van der Waals surface area contributed by atoms with Gasteiger partial charge in [-0.05, 0) is 19.1 Å². The number of carbonyl (C=O) groups is 1. The average molecular weight is 198 g/mol. The second-order valence-electron chi connectivity index (χ2n) is 2.89. The van der Waals surface area contributed by atoms with E-state index in [1.165, 1.54) is 13.0 Å². The largest absolute Gasteiger partial charge is 0.508 e. The van der Waals surface area contributed by atoms with Crippen molar-refractivity contribution in [2.24, 2.45) is 0 Å². The molecule has 1 rings (SSSR count).